The number of alkyl halides is 4. The molecule has 1 aliphatic heterocycles. The van der Waals surface area contributed by atoms with Crippen molar-refractivity contribution in [3.05, 3.63) is 59.2 Å². The zero-order valence-electron chi connectivity index (χ0n) is 17.5. The van der Waals surface area contributed by atoms with Crippen molar-refractivity contribution in [1.29, 1.82) is 0 Å². The van der Waals surface area contributed by atoms with Gasteiger partial charge >= 0.3 is 6.18 Å². The number of amidine groups is 1. The summed E-state index contributed by atoms with van der Waals surface area (Å²) in [5.74, 6) is -1.28. The number of ether oxygens (including phenoxy) is 1. The Morgan fingerprint density at radius 2 is 2.06 bits per heavy atom. The zero-order chi connectivity index (χ0) is 24.0. The lowest BCUT2D eigenvalue weighted by Crippen LogP contribution is -2.36. The van der Waals surface area contributed by atoms with Gasteiger partial charge in [-0.3, -0.25) is 9.79 Å². The molecule has 2 aliphatic rings. The predicted octanol–water partition coefficient (Wildman–Crippen LogP) is 4.59. The number of rotatable bonds is 7. The van der Waals surface area contributed by atoms with Crippen LogP contribution in [0, 0.1) is 11.7 Å². The van der Waals surface area contributed by atoms with E-state index in [0.29, 0.717) is 12.0 Å². The molecular formula is C22H20F5N3O2S. The van der Waals surface area contributed by atoms with Crippen molar-refractivity contribution in [2.45, 2.75) is 36.2 Å². The van der Waals surface area contributed by atoms with E-state index in [9.17, 15) is 26.7 Å². The van der Waals surface area contributed by atoms with E-state index in [4.69, 9.17) is 5.73 Å². The molecular weight excluding hydrogens is 465 g/mol. The van der Waals surface area contributed by atoms with Crippen LogP contribution in [-0.4, -0.2) is 40.1 Å². The highest BCUT2D eigenvalue weighted by Gasteiger charge is 2.66. The van der Waals surface area contributed by atoms with Crippen LogP contribution in [0.4, 0.5) is 22.0 Å². The Morgan fingerprint density at radius 1 is 1.30 bits per heavy atom. The van der Waals surface area contributed by atoms with Gasteiger partial charge in [0, 0.05) is 17.9 Å². The minimum absolute atomic E-state index is 0.0291. The molecule has 1 aromatic carbocycles. The fourth-order valence-electron chi connectivity index (χ4n) is 4.21. The van der Waals surface area contributed by atoms with Crippen molar-refractivity contribution in [3.63, 3.8) is 0 Å². The number of fused-ring (bicyclic) bond motifs is 1. The highest BCUT2D eigenvalue weighted by molar-refractivity contribution is 8.15. The Bertz CT molecular complexity index is 1110. The number of carbonyl (C=O) groups excluding carboxylic acids is 1. The largest absolute Gasteiger partial charge is 0.483 e. The van der Waals surface area contributed by atoms with Gasteiger partial charge in [-0.25, -0.2) is 13.8 Å². The second kappa shape index (κ2) is 8.27. The molecule has 2 heterocycles. The summed E-state index contributed by atoms with van der Waals surface area (Å²) in [5, 5.41) is 0.196. The molecule has 33 heavy (non-hydrogen) atoms. The van der Waals surface area contributed by atoms with Crippen LogP contribution in [0.2, 0.25) is 0 Å². The maximum atomic E-state index is 14.8. The molecule has 0 amide bonds. The van der Waals surface area contributed by atoms with Gasteiger partial charge in [-0.15, -0.1) is 0 Å². The molecule has 176 valence electrons. The molecule has 0 radical (unpaired) electrons. The second-order valence-corrected chi connectivity index (χ2v) is 9.79. The van der Waals surface area contributed by atoms with Crippen molar-refractivity contribution in [2.24, 2.45) is 16.6 Å². The molecule has 4 rings (SSSR count). The second-order valence-electron chi connectivity index (χ2n) is 8.35. The van der Waals surface area contributed by atoms with Crippen molar-refractivity contribution in [3.8, 4) is 5.75 Å². The maximum Gasteiger partial charge on any atom is 0.422 e. The van der Waals surface area contributed by atoms with Gasteiger partial charge in [0.05, 0.1) is 16.5 Å². The lowest BCUT2D eigenvalue weighted by atomic mass is 9.84. The summed E-state index contributed by atoms with van der Waals surface area (Å²) in [6, 6.07) is 6.72. The third-order valence-electron chi connectivity index (χ3n) is 5.94. The smallest absolute Gasteiger partial charge is 0.422 e. The predicted molar refractivity (Wildman–Crippen MR) is 114 cm³/mol. The summed E-state index contributed by atoms with van der Waals surface area (Å²) >= 11 is 1.18. The molecule has 0 bridgehead atoms. The number of benzene rings is 1. The normalized spacial score (nSPS) is 26.4. The Morgan fingerprint density at radius 3 is 2.70 bits per heavy atom. The topological polar surface area (TPSA) is 77.6 Å². The summed E-state index contributed by atoms with van der Waals surface area (Å²) in [4.78, 5) is 21.0. The number of pyridine rings is 1. The van der Waals surface area contributed by atoms with Crippen LogP contribution in [0.15, 0.2) is 41.5 Å². The lowest BCUT2D eigenvalue weighted by Gasteiger charge is -2.33. The molecule has 5 nitrogen and oxygen atoms in total. The molecule has 3 atom stereocenters. The van der Waals surface area contributed by atoms with Crippen LogP contribution in [-0.2, 0) is 12.0 Å². The van der Waals surface area contributed by atoms with E-state index in [2.05, 4.69) is 14.7 Å². The number of aliphatic imine (C=N–C) groups is 1. The maximum absolute atomic E-state index is 14.8. The van der Waals surface area contributed by atoms with Crippen molar-refractivity contribution in [2.75, 3.05) is 13.3 Å². The number of Topliss-reactive ketones (excluding diaryl/α,β-unsaturated/α-hetero) is 1. The number of thioether (sulfide) groups is 1. The van der Waals surface area contributed by atoms with Crippen LogP contribution < -0.4 is 10.5 Å². The molecule has 0 saturated heterocycles. The average Bonchev–Trinajstić information content (AvgIpc) is 3.49. The van der Waals surface area contributed by atoms with Gasteiger partial charge in [0.1, 0.15) is 23.9 Å². The van der Waals surface area contributed by atoms with E-state index >= 15 is 0 Å². The summed E-state index contributed by atoms with van der Waals surface area (Å²) in [7, 11) is 0. The minimum atomic E-state index is -4.48. The molecule has 1 aromatic heterocycles. The van der Waals surface area contributed by atoms with E-state index in [0.717, 1.165) is 6.20 Å². The van der Waals surface area contributed by atoms with Crippen LogP contribution in [0.3, 0.4) is 0 Å². The first-order valence-electron chi connectivity index (χ1n) is 10.0. The van der Waals surface area contributed by atoms with Gasteiger partial charge in [0.2, 0.25) is 0 Å². The summed E-state index contributed by atoms with van der Waals surface area (Å²) < 4.78 is 69.1. The first-order valence-corrected chi connectivity index (χ1v) is 10.9. The van der Waals surface area contributed by atoms with Crippen molar-refractivity contribution in [1.82, 2.24) is 4.98 Å². The van der Waals surface area contributed by atoms with E-state index in [1.807, 2.05) is 0 Å². The van der Waals surface area contributed by atoms with Gasteiger partial charge < -0.3 is 10.5 Å². The van der Waals surface area contributed by atoms with Crippen molar-refractivity contribution >= 4 is 22.7 Å². The number of nitrogens with two attached hydrogens (primary N) is 1. The van der Waals surface area contributed by atoms with Crippen LogP contribution in [0.1, 0.15) is 35.0 Å². The number of carbonyl (C=O) groups is 1. The molecule has 1 saturated carbocycles. The number of ketones is 1. The zero-order valence-corrected chi connectivity index (χ0v) is 18.3. The number of aromatic nitrogens is 1. The summed E-state index contributed by atoms with van der Waals surface area (Å²) in [6.45, 7) is -0.343. The van der Waals surface area contributed by atoms with Gasteiger partial charge in [0.15, 0.2) is 17.6 Å². The fraction of sp³-hybridized carbons (Fsp3) is 0.409. The number of nitrogens with zero attached hydrogens (tertiary/aromatic N) is 2. The molecule has 1 aliphatic carbocycles. The summed E-state index contributed by atoms with van der Waals surface area (Å²) in [5.41, 5.74) is 5.62. The van der Waals surface area contributed by atoms with Gasteiger partial charge in [-0.1, -0.05) is 17.8 Å². The standard InChI is InChI=1S/C22H20F5N3O2S/c1-20(18-8-21(18,10-23)33-19(28)30-20)14-6-12(2-4-15(14)24)7-17(31)16-5-3-13(9-29-16)32-11-22(25,26)27/h2-6,9,18H,7-8,10-11H2,1H3,(H2,28,30)/t18-,20+,21+/m0/s1. The van der Waals surface area contributed by atoms with E-state index in [1.165, 1.54) is 42.1 Å². The highest BCUT2D eigenvalue weighted by Crippen LogP contribution is 2.66. The monoisotopic (exact) mass is 485 g/mol. The Kier molecular flexibility index (Phi) is 5.88. The SMILES string of the molecule is C[C@]1(c2cc(CC(=O)c3ccc(OCC(F)(F)F)cn3)ccc2F)N=C(N)S[C@@]2(CF)C[C@H]21. The van der Waals surface area contributed by atoms with E-state index in [-0.39, 0.29) is 34.5 Å². The van der Waals surface area contributed by atoms with Crippen LogP contribution in [0.5, 0.6) is 5.75 Å². The van der Waals surface area contributed by atoms with Gasteiger partial charge in [-0.05, 0) is 43.2 Å². The highest BCUT2D eigenvalue weighted by atomic mass is 32.2. The quantitative estimate of drug-likeness (QED) is 0.459. The fourth-order valence-corrected chi connectivity index (χ4v) is 5.54. The number of hydrogen-bond donors (Lipinski definition) is 1. The number of hydrogen-bond acceptors (Lipinski definition) is 6. The van der Waals surface area contributed by atoms with Crippen molar-refractivity contribution < 1.29 is 31.5 Å². The molecule has 0 unspecified atom stereocenters. The Hall–Kier alpha value is -2.69. The average molecular weight is 485 g/mol. The van der Waals surface area contributed by atoms with Gasteiger partial charge in [-0.2, -0.15) is 13.2 Å². The summed E-state index contributed by atoms with van der Waals surface area (Å²) in [6.07, 6.45) is -3.05. The van der Waals surface area contributed by atoms with E-state index in [1.54, 1.807) is 6.92 Å². The molecule has 2 N–H and O–H groups in total. The minimum Gasteiger partial charge on any atom is -0.483 e. The lowest BCUT2D eigenvalue weighted by molar-refractivity contribution is -0.153. The van der Waals surface area contributed by atoms with E-state index < -0.39 is 41.3 Å². The Balaban J connectivity index is 1.52. The first-order chi connectivity index (χ1) is 15.5. The van der Waals surface area contributed by atoms with Crippen LogP contribution in [0.25, 0.3) is 0 Å². The third kappa shape index (κ3) is 4.68. The molecule has 11 heteroatoms. The molecule has 0 spiro atoms. The third-order valence-corrected chi connectivity index (χ3v) is 7.21. The molecule has 1 fully saturated rings. The van der Waals surface area contributed by atoms with Gasteiger partial charge in [0.25, 0.3) is 0 Å². The number of halogens is 5. The first kappa shape index (κ1) is 23.5. The Labute approximate surface area is 190 Å². The molecule has 2 aromatic rings. The van der Waals surface area contributed by atoms with Crippen LogP contribution >= 0.6 is 11.8 Å².